The Morgan fingerprint density at radius 2 is 2.70 bits per heavy atom. The van der Waals surface area contributed by atoms with Gasteiger partial charge < -0.3 is 10.4 Å². The predicted molar refractivity (Wildman–Crippen MR) is 40.1 cm³/mol. The SMILES string of the molecule is CC(CO)Nc1nncs1. The Kier molecular flexibility index (Phi) is 2.58. The normalized spacial score (nSPS) is 13.0. The Hall–Kier alpha value is -0.680. The molecule has 1 heterocycles. The lowest BCUT2D eigenvalue weighted by Crippen LogP contribution is -2.18. The van der Waals surface area contributed by atoms with Crippen molar-refractivity contribution in [2.24, 2.45) is 0 Å². The van der Waals surface area contributed by atoms with Crippen molar-refractivity contribution >= 4 is 16.5 Å². The van der Waals surface area contributed by atoms with E-state index < -0.39 is 0 Å². The Morgan fingerprint density at radius 3 is 3.20 bits per heavy atom. The topological polar surface area (TPSA) is 58.0 Å². The molecule has 10 heavy (non-hydrogen) atoms. The molecule has 0 saturated heterocycles. The van der Waals surface area contributed by atoms with Crippen LogP contribution in [-0.2, 0) is 0 Å². The second-order valence-electron chi connectivity index (χ2n) is 1.97. The van der Waals surface area contributed by atoms with E-state index in [0.717, 1.165) is 5.13 Å². The Bertz CT molecular complexity index is 177. The second kappa shape index (κ2) is 3.48. The van der Waals surface area contributed by atoms with E-state index in [1.807, 2.05) is 6.92 Å². The van der Waals surface area contributed by atoms with Crippen LogP contribution < -0.4 is 5.32 Å². The van der Waals surface area contributed by atoms with E-state index in [1.165, 1.54) is 11.3 Å². The summed E-state index contributed by atoms with van der Waals surface area (Å²) in [5.74, 6) is 0. The van der Waals surface area contributed by atoms with E-state index in [0.29, 0.717) is 0 Å². The molecule has 2 N–H and O–H groups in total. The van der Waals surface area contributed by atoms with Gasteiger partial charge in [-0.05, 0) is 6.92 Å². The van der Waals surface area contributed by atoms with Crippen LogP contribution in [-0.4, -0.2) is 28.0 Å². The summed E-state index contributed by atoms with van der Waals surface area (Å²) in [5, 5.41) is 19.7. The quantitative estimate of drug-likeness (QED) is 0.667. The molecule has 0 aliphatic heterocycles. The molecule has 0 radical (unpaired) electrons. The van der Waals surface area contributed by atoms with Gasteiger partial charge >= 0.3 is 0 Å². The minimum Gasteiger partial charge on any atom is -0.394 e. The molecule has 5 heteroatoms. The summed E-state index contributed by atoms with van der Waals surface area (Å²) in [7, 11) is 0. The van der Waals surface area contributed by atoms with E-state index in [1.54, 1.807) is 5.51 Å². The largest absolute Gasteiger partial charge is 0.394 e. The van der Waals surface area contributed by atoms with Crippen LogP contribution in [0.3, 0.4) is 0 Å². The standard InChI is InChI=1S/C5H9N3OS/c1-4(2-9)7-5-8-6-3-10-5/h3-4,9H,2H2,1H3,(H,7,8). The zero-order valence-corrected chi connectivity index (χ0v) is 6.43. The number of nitrogens with one attached hydrogen (secondary N) is 1. The molecule has 4 nitrogen and oxygen atoms in total. The molecule has 0 aliphatic carbocycles. The van der Waals surface area contributed by atoms with Crippen molar-refractivity contribution in [2.45, 2.75) is 13.0 Å². The van der Waals surface area contributed by atoms with Crippen LogP contribution in [0.1, 0.15) is 6.92 Å². The van der Waals surface area contributed by atoms with Gasteiger partial charge in [-0.15, -0.1) is 10.2 Å². The lowest BCUT2D eigenvalue weighted by atomic mass is 10.4. The van der Waals surface area contributed by atoms with Crippen molar-refractivity contribution < 1.29 is 5.11 Å². The summed E-state index contributed by atoms with van der Waals surface area (Å²) in [6, 6.07) is 0.0490. The lowest BCUT2D eigenvalue weighted by Gasteiger charge is -2.06. The molecule has 0 bridgehead atoms. The van der Waals surface area contributed by atoms with E-state index in [2.05, 4.69) is 15.5 Å². The molecule has 56 valence electrons. The van der Waals surface area contributed by atoms with E-state index in [-0.39, 0.29) is 12.6 Å². The minimum atomic E-state index is 0.0490. The van der Waals surface area contributed by atoms with Crippen molar-refractivity contribution in [1.29, 1.82) is 0 Å². The van der Waals surface area contributed by atoms with Crippen LogP contribution in [0.2, 0.25) is 0 Å². The number of aliphatic hydroxyl groups is 1. The monoisotopic (exact) mass is 159 g/mol. The first-order valence-electron chi connectivity index (χ1n) is 2.96. The molecule has 0 spiro atoms. The average Bonchev–Trinajstić information content (AvgIpc) is 2.40. The number of rotatable bonds is 3. The van der Waals surface area contributed by atoms with Crippen LogP contribution in [0.15, 0.2) is 5.51 Å². The van der Waals surface area contributed by atoms with Gasteiger partial charge in [0.25, 0.3) is 0 Å². The molecule has 1 aromatic heterocycles. The summed E-state index contributed by atoms with van der Waals surface area (Å²) in [4.78, 5) is 0. The number of hydrogen-bond donors (Lipinski definition) is 2. The second-order valence-corrected chi connectivity index (χ2v) is 2.81. The summed E-state index contributed by atoms with van der Waals surface area (Å²) >= 11 is 1.42. The molecule has 1 rings (SSSR count). The first kappa shape index (κ1) is 7.43. The van der Waals surface area contributed by atoms with Crippen molar-refractivity contribution in [3.8, 4) is 0 Å². The predicted octanol–water partition coefficient (Wildman–Crippen LogP) is 0.331. The van der Waals surface area contributed by atoms with Gasteiger partial charge in [0, 0.05) is 6.04 Å². The maximum atomic E-state index is 8.63. The summed E-state index contributed by atoms with van der Waals surface area (Å²) in [5.41, 5.74) is 1.65. The summed E-state index contributed by atoms with van der Waals surface area (Å²) in [6.07, 6.45) is 0. The van der Waals surface area contributed by atoms with Gasteiger partial charge in [-0.25, -0.2) is 0 Å². The van der Waals surface area contributed by atoms with Crippen LogP contribution in [0.25, 0.3) is 0 Å². The lowest BCUT2D eigenvalue weighted by molar-refractivity contribution is 0.281. The highest BCUT2D eigenvalue weighted by molar-refractivity contribution is 7.13. The van der Waals surface area contributed by atoms with Gasteiger partial charge in [-0.1, -0.05) is 11.3 Å². The first-order valence-corrected chi connectivity index (χ1v) is 3.84. The highest BCUT2D eigenvalue weighted by Gasteiger charge is 2.00. The molecular formula is C5H9N3OS. The van der Waals surface area contributed by atoms with Gasteiger partial charge in [-0.3, -0.25) is 0 Å². The maximum absolute atomic E-state index is 8.63. The fourth-order valence-electron chi connectivity index (χ4n) is 0.492. The van der Waals surface area contributed by atoms with Gasteiger partial charge in [-0.2, -0.15) is 0 Å². The number of nitrogens with zero attached hydrogens (tertiary/aromatic N) is 2. The van der Waals surface area contributed by atoms with Crippen LogP contribution in [0.5, 0.6) is 0 Å². The van der Waals surface area contributed by atoms with Crippen molar-refractivity contribution in [1.82, 2.24) is 10.2 Å². The average molecular weight is 159 g/mol. The van der Waals surface area contributed by atoms with Crippen molar-refractivity contribution in [2.75, 3.05) is 11.9 Å². The molecule has 0 fully saturated rings. The molecule has 1 unspecified atom stereocenters. The highest BCUT2D eigenvalue weighted by Crippen LogP contribution is 2.08. The smallest absolute Gasteiger partial charge is 0.205 e. The third-order valence-corrected chi connectivity index (χ3v) is 1.63. The molecule has 0 amide bonds. The molecule has 0 aromatic carbocycles. The highest BCUT2D eigenvalue weighted by atomic mass is 32.1. The van der Waals surface area contributed by atoms with Gasteiger partial charge in [0.15, 0.2) is 0 Å². The van der Waals surface area contributed by atoms with Crippen LogP contribution >= 0.6 is 11.3 Å². The fourth-order valence-corrected chi connectivity index (χ4v) is 1.05. The minimum absolute atomic E-state index is 0.0490. The third kappa shape index (κ3) is 1.93. The van der Waals surface area contributed by atoms with Crippen LogP contribution in [0, 0.1) is 0 Å². The third-order valence-electron chi connectivity index (χ3n) is 1.00. The van der Waals surface area contributed by atoms with Gasteiger partial charge in [0.2, 0.25) is 5.13 Å². The number of aromatic nitrogens is 2. The van der Waals surface area contributed by atoms with Crippen molar-refractivity contribution in [3.05, 3.63) is 5.51 Å². The Labute approximate surface area is 62.9 Å². The van der Waals surface area contributed by atoms with Crippen LogP contribution in [0.4, 0.5) is 5.13 Å². The summed E-state index contributed by atoms with van der Waals surface area (Å²) < 4.78 is 0. The Balaban J connectivity index is 2.40. The van der Waals surface area contributed by atoms with E-state index in [4.69, 9.17) is 5.11 Å². The number of hydrogen-bond acceptors (Lipinski definition) is 5. The maximum Gasteiger partial charge on any atom is 0.205 e. The zero-order valence-electron chi connectivity index (χ0n) is 5.61. The van der Waals surface area contributed by atoms with Gasteiger partial charge in [0.1, 0.15) is 5.51 Å². The molecule has 0 aliphatic rings. The molecule has 1 atom stereocenters. The zero-order chi connectivity index (χ0) is 7.40. The molecule has 1 aromatic rings. The molecule has 0 saturated carbocycles. The molecular weight excluding hydrogens is 150 g/mol. The first-order chi connectivity index (χ1) is 4.83. The fraction of sp³-hybridized carbons (Fsp3) is 0.600. The van der Waals surface area contributed by atoms with E-state index in [9.17, 15) is 0 Å². The van der Waals surface area contributed by atoms with Gasteiger partial charge in [0.05, 0.1) is 6.61 Å². The van der Waals surface area contributed by atoms with Crippen molar-refractivity contribution in [3.63, 3.8) is 0 Å². The van der Waals surface area contributed by atoms with E-state index >= 15 is 0 Å². The number of anilines is 1. The Morgan fingerprint density at radius 1 is 1.90 bits per heavy atom. The summed E-state index contributed by atoms with van der Waals surface area (Å²) in [6.45, 7) is 1.99. The number of aliphatic hydroxyl groups excluding tert-OH is 1.